The summed E-state index contributed by atoms with van der Waals surface area (Å²) in [6, 6.07) is 1.54. The molecule has 2 N–H and O–H groups in total. The van der Waals surface area contributed by atoms with E-state index >= 15 is 0 Å². The number of rotatable bonds is 4. The Labute approximate surface area is 111 Å². The predicted molar refractivity (Wildman–Crippen MR) is 70.0 cm³/mol. The lowest BCUT2D eigenvalue weighted by Crippen LogP contribution is -2.37. The minimum atomic E-state index is -0.440. The molecular weight excluding hydrogens is 248 g/mol. The van der Waals surface area contributed by atoms with E-state index in [4.69, 9.17) is 9.52 Å². The largest absolute Gasteiger partial charge is 0.502 e. The number of aliphatic hydroxyl groups excluding tert-OH is 1. The molecule has 1 aliphatic rings. The van der Waals surface area contributed by atoms with E-state index in [0.29, 0.717) is 18.8 Å². The van der Waals surface area contributed by atoms with Crippen LogP contribution in [0.25, 0.3) is 0 Å². The van der Waals surface area contributed by atoms with E-state index in [1.54, 1.807) is 0 Å². The van der Waals surface area contributed by atoms with Crippen molar-refractivity contribution in [1.82, 2.24) is 9.80 Å². The summed E-state index contributed by atoms with van der Waals surface area (Å²) in [6.07, 6.45) is 1.44. The highest BCUT2D eigenvalue weighted by molar-refractivity contribution is 5.15. The van der Waals surface area contributed by atoms with Gasteiger partial charge in [-0.15, -0.1) is 0 Å². The normalized spacial score (nSPS) is 24.2. The Balaban J connectivity index is 2.07. The minimum Gasteiger partial charge on any atom is -0.502 e. The molecule has 0 bridgehead atoms. The van der Waals surface area contributed by atoms with Crippen molar-refractivity contribution in [3.63, 3.8) is 0 Å². The van der Waals surface area contributed by atoms with Crippen molar-refractivity contribution in [3.05, 3.63) is 28.3 Å². The molecule has 6 heteroatoms. The van der Waals surface area contributed by atoms with Gasteiger partial charge in [-0.25, -0.2) is 0 Å². The highest BCUT2D eigenvalue weighted by atomic mass is 16.4. The quantitative estimate of drug-likeness (QED) is 0.790. The third-order valence-corrected chi connectivity index (χ3v) is 3.31. The van der Waals surface area contributed by atoms with Crippen molar-refractivity contribution in [3.8, 4) is 5.75 Å². The zero-order valence-corrected chi connectivity index (χ0v) is 11.2. The molecule has 0 aliphatic carbocycles. The Morgan fingerprint density at radius 3 is 2.89 bits per heavy atom. The highest BCUT2D eigenvalue weighted by Crippen LogP contribution is 2.21. The smallest absolute Gasteiger partial charge is 0.226 e. The second kappa shape index (κ2) is 5.73. The summed E-state index contributed by atoms with van der Waals surface area (Å²) in [4.78, 5) is 15.5. The van der Waals surface area contributed by atoms with E-state index in [9.17, 15) is 9.90 Å². The lowest BCUT2D eigenvalue weighted by Gasteiger charge is -2.25. The Hall–Kier alpha value is -1.37. The molecule has 0 amide bonds. The van der Waals surface area contributed by atoms with Crippen LogP contribution in [0.4, 0.5) is 0 Å². The fourth-order valence-corrected chi connectivity index (χ4v) is 2.49. The molecule has 0 aromatic carbocycles. The molecule has 19 heavy (non-hydrogen) atoms. The molecule has 0 radical (unpaired) electrons. The summed E-state index contributed by atoms with van der Waals surface area (Å²) in [5, 5.41) is 18.9. The Morgan fingerprint density at radius 1 is 1.53 bits per heavy atom. The molecule has 2 rings (SSSR count). The molecule has 6 nitrogen and oxygen atoms in total. The topological polar surface area (TPSA) is 77.2 Å². The maximum Gasteiger partial charge on any atom is 0.226 e. The Morgan fingerprint density at radius 2 is 2.26 bits per heavy atom. The average Bonchev–Trinajstić information content (AvgIpc) is 2.63. The molecule has 1 saturated heterocycles. The van der Waals surface area contributed by atoms with Gasteiger partial charge in [-0.2, -0.15) is 0 Å². The molecule has 1 aliphatic heterocycles. The molecule has 1 aromatic rings. The molecule has 0 spiro atoms. The van der Waals surface area contributed by atoms with Crippen LogP contribution in [-0.4, -0.2) is 59.3 Å². The van der Waals surface area contributed by atoms with Crippen molar-refractivity contribution in [2.75, 3.05) is 27.2 Å². The summed E-state index contributed by atoms with van der Waals surface area (Å²) in [7, 11) is 3.98. The maximum absolute atomic E-state index is 11.4. The molecular formula is C13H20N2O4. The number of hydrogen-bond acceptors (Lipinski definition) is 6. The van der Waals surface area contributed by atoms with Crippen LogP contribution in [-0.2, 0) is 6.54 Å². The van der Waals surface area contributed by atoms with Crippen molar-refractivity contribution in [2.45, 2.75) is 25.1 Å². The van der Waals surface area contributed by atoms with Crippen LogP contribution < -0.4 is 5.43 Å². The molecule has 2 unspecified atom stereocenters. The lowest BCUT2D eigenvalue weighted by molar-refractivity contribution is 0.162. The van der Waals surface area contributed by atoms with Gasteiger partial charge < -0.3 is 19.5 Å². The van der Waals surface area contributed by atoms with Crippen molar-refractivity contribution >= 4 is 0 Å². The van der Waals surface area contributed by atoms with Gasteiger partial charge in [-0.3, -0.25) is 9.69 Å². The first-order valence-corrected chi connectivity index (χ1v) is 6.33. The first-order chi connectivity index (χ1) is 8.95. The zero-order valence-electron chi connectivity index (χ0n) is 11.2. The zero-order chi connectivity index (χ0) is 14.0. The van der Waals surface area contributed by atoms with E-state index in [0.717, 1.165) is 19.2 Å². The second-order valence-corrected chi connectivity index (χ2v) is 5.33. The molecule has 0 saturated carbocycles. The number of nitrogens with zero attached hydrogens (tertiary/aromatic N) is 2. The predicted octanol–water partition coefficient (Wildman–Crippen LogP) is -0.158. The van der Waals surface area contributed by atoms with E-state index in [1.807, 2.05) is 14.1 Å². The van der Waals surface area contributed by atoms with Crippen LogP contribution in [0.3, 0.4) is 0 Å². The van der Waals surface area contributed by atoms with Crippen LogP contribution in [0.1, 0.15) is 12.2 Å². The first kappa shape index (κ1) is 14.0. The summed E-state index contributed by atoms with van der Waals surface area (Å²) >= 11 is 0. The fourth-order valence-electron chi connectivity index (χ4n) is 2.49. The molecule has 1 fully saturated rings. The number of aromatic hydroxyl groups is 1. The van der Waals surface area contributed by atoms with E-state index in [2.05, 4.69) is 9.80 Å². The highest BCUT2D eigenvalue weighted by Gasteiger charge is 2.31. The monoisotopic (exact) mass is 268 g/mol. The number of likely N-dealkylation sites (tertiary alicyclic amines) is 1. The van der Waals surface area contributed by atoms with Crippen molar-refractivity contribution in [2.24, 2.45) is 0 Å². The number of hydrogen-bond donors (Lipinski definition) is 2. The molecule has 106 valence electrons. The third-order valence-electron chi connectivity index (χ3n) is 3.31. The van der Waals surface area contributed by atoms with Gasteiger partial charge in [0.25, 0.3) is 0 Å². The SMILES string of the molecule is CN(C)CC1CC(O)CN1Cc1cc(=O)c(O)co1. The molecule has 1 aromatic heterocycles. The fraction of sp³-hybridized carbons (Fsp3) is 0.615. The molecule has 2 heterocycles. The summed E-state index contributed by atoms with van der Waals surface area (Å²) < 4.78 is 5.20. The number of aliphatic hydroxyl groups is 1. The number of β-amino-alcohol motifs (C(OH)–C–C–N with tert-alkyl or cyclic N) is 1. The standard InChI is InChI=1S/C13H20N2O4/c1-14(2)5-9-3-10(16)6-15(9)7-11-4-12(17)13(18)8-19-11/h4,8-10,16,18H,3,5-7H2,1-2H3. The summed E-state index contributed by atoms with van der Waals surface area (Å²) in [5.41, 5.74) is -0.440. The summed E-state index contributed by atoms with van der Waals surface area (Å²) in [6.45, 7) is 1.88. The van der Waals surface area contributed by atoms with Crippen molar-refractivity contribution in [1.29, 1.82) is 0 Å². The van der Waals surface area contributed by atoms with E-state index in [1.165, 1.54) is 6.07 Å². The van der Waals surface area contributed by atoms with E-state index < -0.39 is 5.43 Å². The van der Waals surface area contributed by atoms with Crippen LogP contribution in [0.5, 0.6) is 5.75 Å². The Kier molecular flexibility index (Phi) is 4.24. The third kappa shape index (κ3) is 3.56. The van der Waals surface area contributed by atoms with Gasteiger partial charge in [0.15, 0.2) is 5.75 Å². The van der Waals surface area contributed by atoms with Gasteiger partial charge in [0.2, 0.25) is 5.43 Å². The van der Waals surface area contributed by atoms with Crippen LogP contribution in [0.2, 0.25) is 0 Å². The van der Waals surface area contributed by atoms with Crippen molar-refractivity contribution < 1.29 is 14.6 Å². The molecule has 2 atom stereocenters. The van der Waals surface area contributed by atoms with Crippen LogP contribution in [0, 0.1) is 0 Å². The van der Waals surface area contributed by atoms with Gasteiger partial charge >= 0.3 is 0 Å². The van der Waals surface area contributed by atoms with Gasteiger partial charge in [-0.1, -0.05) is 0 Å². The van der Waals surface area contributed by atoms with Gasteiger partial charge in [0, 0.05) is 25.2 Å². The van der Waals surface area contributed by atoms with Gasteiger partial charge in [0.1, 0.15) is 12.0 Å². The second-order valence-electron chi connectivity index (χ2n) is 5.33. The number of likely N-dealkylation sites (N-methyl/N-ethyl adjacent to an activating group) is 1. The van der Waals surface area contributed by atoms with Crippen LogP contribution >= 0.6 is 0 Å². The average molecular weight is 268 g/mol. The van der Waals surface area contributed by atoms with Gasteiger partial charge in [-0.05, 0) is 20.5 Å². The van der Waals surface area contributed by atoms with Crippen LogP contribution in [0.15, 0.2) is 21.5 Å². The Bertz CT molecular complexity index is 486. The van der Waals surface area contributed by atoms with Gasteiger partial charge in [0.05, 0.1) is 12.6 Å². The summed E-state index contributed by atoms with van der Waals surface area (Å²) in [5.74, 6) is 0.121. The maximum atomic E-state index is 11.4. The lowest BCUT2D eigenvalue weighted by atomic mass is 10.2. The van der Waals surface area contributed by atoms with E-state index in [-0.39, 0.29) is 17.9 Å². The first-order valence-electron chi connectivity index (χ1n) is 6.33. The minimum absolute atomic E-state index is 0.240.